The molecule has 0 radical (unpaired) electrons. The molecule has 0 unspecified atom stereocenters. The van der Waals surface area contributed by atoms with Crippen molar-refractivity contribution in [3.63, 3.8) is 0 Å². The fraction of sp³-hybridized carbons (Fsp3) is 0.632. The van der Waals surface area contributed by atoms with Crippen LogP contribution in [-0.2, 0) is 4.74 Å². The van der Waals surface area contributed by atoms with E-state index in [1.165, 1.54) is 0 Å². The highest BCUT2D eigenvalue weighted by Gasteiger charge is 2.46. The molecule has 0 aromatic heterocycles. The van der Waals surface area contributed by atoms with E-state index in [1.807, 2.05) is 37.8 Å². The number of likely N-dealkylation sites (tertiary alicyclic amines) is 1. The zero-order valence-electron chi connectivity index (χ0n) is 15.7. The van der Waals surface area contributed by atoms with Crippen molar-refractivity contribution in [2.45, 2.75) is 39.2 Å². The van der Waals surface area contributed by atoms with E-state index in [0.29, 0.717) is 5.69 Å². The Kier molecular flexibility index (Phi) is 4.47. The molecule has 0 saturated carbocycles. The van der Waals surface area contributed by atoms with E-state index in [-0.39, 0.29) is 11.5 Å². The molecule has 0 bridgehead atoms. The number of para-hydroxylation sites is 1. The molecule has 1 spiro atoms. The molecule has 6 nitrogen and oxygen atoms in total. The van der Waals surface area contributed by atoms with Gasteiger partial charge in [0.15, 0.2) is 5.75 Å². The highest BCUT2D eigenvalue weighted by molar-refractivity contribution is 5.71. The molecule has 2 heterocycles. The minimum atomic E-state index is -0.441. The summed E-state index contributed by atoms with van der Waals surface area (Å²) in [7, 11) is 1.66. The second-order valence-electron chi connectivity index (χ2n) is 8.22. The predicted molar refractivity (Wildman–Crippen MR) is 99.1 cm³/mol. The number of nitrogens with two attached hydrogens (primary N) is 1. The molecule has 2 N–H and O–H groups in total. The average molecular weight is 347 g/mol. The molecule has 2 aliphatic heterocycles. The minimum Gasteiger partial charge on any atom is -0.492 e. The Hall–Kier alpha value is -2.11. The number of amides is 1. The van der Waals surface area contributed by atoms with Gasteiger partial charge in [0, 0.05) is 31.6 Å². The Labute approximate surface area is 149 Å². The van der Waals surface area contributed by atoms with Crippen molar-refractivity contribution < 1.29 is 14.3 Å². The van der Waals surface area contributed by atoms with Crippen LogP contribution in [0.2, 0.25) is 0 Å². The predicted octanol–water partition coefficient (Wildman–Crippen LogP) is 3.11. The van der Waals surface area contributed by atoms with E-state index >= 15 is 0 Å². The lowest BCUT2D eigenvalue weighted by Crippen LogP contribution is -2.61. The first-order valence-corrected chi connectivity index (χ1v) is 8.88. The lowest BCUT2D eigenvalue weighted by Gasteiger charge is -2.55. The first-order valence-electron chi connectivity index (χ1n) is 8.88. The second-order valence-corrected chi connectivity index (χ2v) is 8.22. The Balaban J connectivity index is 1.57. The number of ether oxygens (including phenoxy) is 2. The van der Waals surface area contributed by atoms with Crippen LogP contribution < -0.4 is 15.4 Å². The van der Waals surface area contributed by atoms with Gasteiger partial charge in [-0.1, -0.05) is 6.07 Å². The van der Waals surface area contributed by atoms with Gasteiger partial charge in [0.2, 0.25) is 0 Å². The normalized spacial score (nSPS) is 19.5. The molecule has 2 aliphatic rings. The molecule has 25 heavy (non-hydrogen) atoms. The molecule has 138 valence electrons. The van der Waals surface area contributed by atoms with Gasteiger partial charge in [-0.3, -0.25) is 0 Å². The van der Waals surface area contributed by atoms with Crippen molar-refractivity contribution in [1.82, 2.24) is 4.90 Å². The number of carbonyl (C=O) groups excluding carboxylic acids is 1. The summed E-state index contributed by atoms with van der Waals surface area (Å²) in [5.41, 5.74) is 7.58. The second kappa shape index (κ2) is 6.32. The molecular weight excluding hydrogens is 318 g/mol. The number of hydrogen-bond acceptors (Lipinski definition) is 5. The van der Waals surface area contributed by atoms with E-state index in [0.717, 1.165) is 50.5 Å². The van der Waals surface area contributed by atoms with Gasteiger partial charge in [0.25, 0.3) is 0 Å². The molecule has 2 saturated heterocycles. The van der Waals surface area contributed by atoms with Gasteiger partial charge in [-0.25, -0.2) is 4.79 Å². The van der Waals surface area contributed by atoms with Gasteiger partial charge >= 0.3 is 6.09 Å². The van der Waals surface area contributed by atoms with Gasteiger partial charge < -0.3 is 25.0 Å². The summed E-state index contributed by atoms with van der Waals surface area (Å²) in [6.45, 7) is 9.19. The summed E-state index contributed by atoms with van der Waals surface area (Å²) in [5.74, 6) is 0.753. The van der Waals surface area contributed by atoms with Crippen LogP contribution in [0.1, 0.15) is 33.6 Å². The molecular formula is C19H29N3O3. The van der Waals surface area contributed by atoms with Crippen LogP contribution in [0, 0.1) is 5.41 Å². The topological polar surface area (TPSA) is 68.0 Å². The molecule has 0 atom stereocenters. The number of benzene rings is 1. The van der Waals surface area contributed by atoms with Crippen molar-refractivity contribution in [3.05, 3.63) is 18.2 Å². The van der Waals surface area contributed by atoms with Gasteiger partial charge in [0.1, 0.15) is 5.60 Å². The Morgan fingerprint density at radius 1 is 1.20 bits per heavy atom. The quantitative estimate of drug-likeness (QED) is 0.833. The largest absolute Gasteiger partial charge is 0.492 e. The highest BCUT2D eigenvalue weighted by atomic mass is 16.6. The number of carbonyl (C=O) groups is 1. The summed E-state index contributed by atoms with van der Waals surface area (Å²) >= 11 is 0. The summed E-state index contributed by atoms with van der Waals surface area (Å²) in [6, 6.07) is 5.87. The van der Waals surface area contributed by atoms with Crippen molar-refractivity contribution in [3.8, 4) is 5.75 Å². The summed E-state index contributed by atoms with van der Waals surface area (Å²) in [5, 5.41) is 0. The summed E-state index contributed by atoms with van der Waals surface area (Å²) in [4.78, 5) is 16.4. The van der Waals surface area contributed by atoms with Crippen LogP contribution in [0.4, 0.5) is 16.2 Å². The average Bonchev–Trinajstić information content (AvgIpc) is 2.51. The molecule has 0 aliphatic carbocycles. The summed E-state index contributed by atoms with van der Waals surface area (Å²) < 4.78 is 10.9. The molecule has 2 fully saturated rings. The molecule has 1 amide bonds. The third kappa shape index (κ3) is 3.62. The molecule has 6 heteroatoms. The number of methoxy groups -OCH3 is 1. The maximum atomic E-state index is 12.2. The lowest BCUT2D eigenvalue weighted by atomic mass is 9.72. The van der Waals surface area contributed by atoms with Crippen molar-refractivity contribution in [1.29, 1.82) is 0 Å². The standard InChI is InChI=1S/C19H29N3O3/c1-18(2,3)25-17(23)21-10-8-19(9-11-21)12-22(13-19)15-7-5-6-14(20)16(15)24-4/h5-7H,8-13,20H2,1-4H3. The summed E-state index contributed by atoms with van der Waals surface area (Å²) in [6.07, 6.45) is 1.82. The van der Waals surface area contributed by atoms with E-state index in [2.05, 4.69) is 11.0 Å². The van der Waals surface area contributed by atoms with Crippen molar-refractivity contribution >= 4 is 17.5 Å². The van der Waals surface area contributed by atoms with E-state index in [9.17, 15) is 4.79 Å². The number of nitrogens with zero attached hydrogens (tertiary/aromatic N) is 2. The van der Waals surface area contributed by atoms with E-state index < -0.39 is 5.60 Å². The fourth-order valence-electron chi connectivity index (χ4n) is 3.75. The monoisotopic (exact) mass is 347 g/mol. The molecule has 1 aromatic carbocycles. The molecule has 3 rings (SSSR count). The Bertz CT molecular complexity index is 638. The maximum absolute atomic E-state index is 12.2. The molecule has 1 aromatic rings. The third-order valence-corrected chi connectivity index (χ3v) is 5.10. The first-order chi connectivity index (χ1) is 11.7. The van der Waals surface area contributed by atoms with Gasteiger partial charge in [-0.15, -0.1) is 0 Å². The van der Waals surface area contributed by atoms with Crippen molar-refractivity contribution in [2.24, 2.45) is 5.41 Å². The van der Waals surface area contributed by atoms with Gasteiger partial charge in [-0.05, 0) is 45.7 Å². The maximum Gasteiger partial charge on any atom is 0.410 e. The number of hydrogen-bond donors (Lipinski definition) is 1. The number of anilines is 2. The SMILES string of the molecule is COc1c(N)cccc1N1CC2(CCN(C(=O)OC(C)(C)C)CC2)C1. The van der Waals surface area contributed by atoms with Gasteiger partial charge in [0.05, 0.1) is 18.5 Å². The minimum absolute atomic E-state index is 0.198. The van der Waals surface area contributed by atoms with E-state index in [1.54, 1.807) is 7.11 Å². The van der Waals surface area contributed by atoms with Crippen LogP contribution in [-0.4, -0.2) is 49.9 Å². The zero-order valence-corrected chi connectivity index (χ0v) is 15.7. The first kappa shape index (κ1) is 17.7. The van der Waals surface area contributed by atoms with Crippen LogP contribution in [0.5, 0.6) is 5.75 Å². The number of piperidine rings is 1. The Morgan fingerprint density at radius 2 is 1.84 bits per heavy atom. The third-order valence-electron chi connectivity index (χ3n) is 5.10. The lowest BCUT2D eigenvalue weighted by molar-refractivity contribution is 0.00595. The van der Waals surface area contributed by atoms with Crippen LogP contribution in [0.25, 0.3) is 0 Å². The van der Waals surface area contributed by atoms with Crippen LogP contribution in [0.15, 0.2) is 18.2 Å². The van der Waals surface area contributed by atoms with Crippen molar-refractivity contribution in [2.75, 3.05) is 43.9 Å². The Morgan fingerprint density at radius 3 is 2.40 bits per heavy atom. The van der Waals surface area contributed by atoms with Crippen LogP contribution in [0.3, 0.4) is 0 Å². The van der Waals surface area contributed by atoms with Gasteiger partial charge in [-0.2, -0.15) is 0 Å². The zero-order chi connectivity index (χ0) is 18.2. The fourth-order valence-corrected chi connectivity index (χ4v) is 3.75. The number of rotatable bonds is 2. The van der Waals surface area contributed by atoms with E-state index in [4.69, 9.17) is 15.2 Å². The highest BCUT2D eigenvalue weighted by Crippen LogP contribution is 2.46. The van der Waals surface area contributed by atoms with Crippen LogP contribution >= 0.6 is 0 Å². The smallest absolute Gasteiger partial charge is 0.410 e. The number of nitrogen functional groups attached to an aromatic ring is 1.